The van der Waals surface area contributed by atoms with Gasteiger partial charge in [-0.2, -0.15) is 5.10 Å². The van der Waals surface area contributed by atoms with Crippen LogP contribution in [0.3, 0.4) is 0 Å². The van der Waals surface area contributed by atoms with Crippen LogP contribution in [0, 0.1) is 6.92 Å². The normalized spacial score (nSPS) is 17.9. The maximum atomic E-state index is 13.2. The second-order valence-corrected chi connectivity index (χ2v) is 10.4. The first-order valence-electron chi connectivity index (χ1n) is 12.2. The number of hydrogen-bond donors (Lipinski definition) is 1. The number of pyridine rings is 2. The summed E-state index contributed by atoms with van der Waals surface area (Å²) in [5.41, 5.74) is 3.89. The third-order valence-electron chi connectivity index (χ3n) is 6.55. The fourth-order valence-corrected chi connectivity index (χ4v) is 4.81. The predicted molar refractivity (Wildman–Crippen MR) is 137 cm³/mol. The lowest BCUT2D eigenvalue weighted by Crippen LogP contribution is -2.55. The molecule has 11 nitrogen and oxygen atoms in total. The Balaban J connectivity index is 1.31. The second-order valence-electron chi connectivity index (χ2n) is 10.4. The highest BCUT2D eigenvalue weighted by atomic mass is 16.6. The average Bonchev–Trinajstić information content (AvgIpc) is 3.44. The molecule has 3 aromatic rings. The zero-order valence-corrected chi connectivity index (χ0v) is 21.4. The van der Waals surface area contributed by atoms with Gasteiger partial charge in [-0.05, 0) is 58.7 Å². The molecule has 0 radical (unpaired) electrons. The number of carbonyl (C=O) groups excluding carboxylic acids is 2. The number of piperazine rings is 1. The molecular formula is C25H32N8O3. The number of fused-ring (bicyclic) bond motifs is 2. The highest BCUT2D eigenvalue weighted by molar-refractivity contribution is 6.03. The van der Waals surface area contributed by atoms with E-state index in [1.54, 1.807) is 26.7 Å². The molecule has 1 saturated heterocycles. The van der Waals surface area contributed by atoms with Crippen molar-refractivity contribution in [2.45, 2.75) is 52.7 Å². The number of ether oxygens (including phenoxy) is 1. The smallest absolute Gasteiger partial charge is 0.410 e. The number of aromatic nitrogens is 4. The van der Waals surface area contributed by atoms with Gasteiger partial charge < -0.3 is 19.9 Å². The minimum absolute atomic E-state index is 0.00658. The van der Waals surface area contributed by atoms with Gasteiger partial charge in [0.1, 0.15) is 17.7 Å². The molecule has 1 fully saturated rings. The van der Waals surface area contributed by atoms with Crippen LogP contribution in [-0.2, 0) is 11.2 Å². The molecule has 2 aliphatic heterocycles. The maximum Gasteiger partial charge on any atom is 0.410 e. The summed E-state index contributed by atoms with van der Waals surface area (Å²) in [5, 5.41) is 7.16. The average molecular weight is 493 g/mol. The standard InChI is InChI=1S/C25H32N8O3/c1-16-12-21-27-15-28-33(21)14-19(16)29-23(34)32-9-7-18-20(6-8-26-22(18)32)30-10-11-31(17(2)13-30)24(35)36-25(3,4)5/h6,8,12,14-15,17H,7,9-11,13H2,1-5H3,(H,29,34)/t17-/m0/s1. The Bertz CT molecular complexity index is 1310. The second kappa shape index (κ2) is 8.96. The Morgan fingerprint density at radius 3 is 2.72 bits per heavy atom. The Morgan fingerprint density at radius 2 is 1.97 bits per heavy atom. The number of rotatable bonds is 2. The van der Waals surface area contributed by atoms with Crippen LogP contribution in [0.1, 0.15) is 38.8 Å². The van der Waals surface area contributed by atoms with Crippen LogP contribution in [0.5, 0.6) is 0 Å². The molecule has 5 heterocycles. The van der Waals surface area contributed by atoms with Crippen molar-refractivity contribution in [1.29, 1.82) is 0 Å². The van der Waals surface area contributed by atoms with Gasteiger partial charge in [0.25, 0.3) is 0 Å². The molecular weight excluding hydrogens is 460 g/mol. The zero-order valence-electron chi connectivity index (χ0n) is 21.4. The largest absolute Gasteiger partial charge is 0.444 e. The van der Waals surface area contributed by atoms with E-state index in [-0.39, 0.29) is 18.2 Å². The molecule has 1 N–H and O–H groups in total. The van der Waals surface area contributed by atoms with Crippen LogP contribution in [0.15, 0.2) is 30.9 Å². The minimum atomic E-state index is -0.524. The molecule has 2 aliphatic rings. The maximum absolute atomic E-state index is 13.2. The van der Waals surface area contributed by atoms with E-state index in [1.807, 2.05) is 46.8 Å². The third kappa shape index (κ3) is 4.52. The molecule has 0 aromatic carbocycles. The summed E-state index contributed by atoms with van der Waals surface area (Å²) in [5.74, 6) is 0.673. The van der Waals surface area contributed by atoms with Crippen molar-refractivity contribution >= 4 is 35.0 Å². The summed E-state index contributed by atoms with van der Waals surface area (Å²) >= 11 is 0. The molecule has 0 unspecified atom stereocenters. The molecule has 0 saturated carbocycles. The molecule has 11 heteroatoms. The summed E-state index contributed by atoms with van der Waals surface area (Å²) in [6, 6.07) is 3.64. The fraction of sp³-hybridized carbons (Fsp3) is 0.480. The van der Waals surface area contributed by atoms with Crippen LogP contribution in [0.25, 0.3) is 5.65 Å². The number of hydrogen-bond acceptors (Lipinski definition) is 7. The quantitative estimate of drug-likeness (QED) is 0.583. The van der Waals surface area contributed by atoms with Gasteiger partial charge in [0, 0.05) is 49.7 Å². The van der Waals surface area contributed by atoms with Crippen molar-refractivity contribution in [2.75, 3.05) is 41.3 Å². The van der Waals surface area contributed by atoms with E-state index in [9.17, 15) is 9.59 Å². The van der Waals surface area contributed by atoms with Gasteiger partial charge in [-0.1, -0.05) is 0 Å². The fourth-order valence-electron chi connectivity index (χ4n) is 4.81. The molecule has 3 amide bonds. The van der Waals surface area contributed by atoms with E-state index < -0.39 is 5.60 Å². The zero-order chi connectivity index (χ0) is 25.6. The third-order valence-corrected chi connectivity index (χ3v) is 6.55. The van der Waals surface area contributed by atoms with E-state index in [2.05, 4.69) is 25.3 Å². The summed E-state index contributed by atoms with van der Waals surface area (Å²) in [6.07, 6.45) is 5.43. The first-order valence-corrected chi connectivity index (χ1v) is 12.2. The first kappa shape index (κ1) is 23.8. The van der Waals surface area contributed by atoms with Gasteiger partial charge in [-0.15, -0.1) is 0 Å². The summed E-state index contributed by atoms with van der Waals surface area (Å²) in [6.45, 7) is 12.1. The number of amides is 3. The lowest BCUT2D eigenvalue weighted by Gasteiger charge is -2.41. The van der Waals surface area contributed by atoms with Crippen LogP contribution in [-0.4, -0.2) is 74.4 Å². The summed E-state index contributed by atoms with van der Waals surface area (Å²) in [4.78, 5) is 40.3. The summed E-state index contributed by atoms with van der Waals surface area (Å²) < 4.78 is 7.21. The van der Waals surface area contributed by atoms with Crippen molar-refractivity contribution < 1.29 is 14.3 Å². The van der Waals surface area contributed by atoms with Crippen LogP contribution in [0.2, 0.25) is 0 Å². The molecule has 3 aromatic heterocycles. The van der Waals surface area contributed by atoms with Gasteiger partial charge in [-0.25, -0.2) is 24.1 Å². The first-order chi connectivity index (χ1) is 17.1. The molecule has 5 rings (SSSR count). The molecule has 36 heavy (non-hydrogen) atoms. The highest BCUT2D eigenvalue weighted by Gasteiger charge is 2.34. The van der Waals surface area contributed by atoms with Crippen LogP contribution in [0.4, 0.5) is 26.8 Å². The van der Waals surface area contributed by atoms with E-state index in [4.69, 9.17) is 4.74 Å². The van der Waals surface area contributed by atoms with Crippen molar-refractivity contribution in [2.24, 2.45) is 0 Å². The predicted octanol–water partition coefficient (Wildman–Crippen LogP) is 3.47. The Kier molecular flexibility index (Phi) is 5.93. The van der Waals surface area contributed by atoms with E-state index in [0.717, 1.165) is 22.5 Å². The van der Waals surface area contributed by atoms with E-state index >= 15 is 0 Å². The van der Waals surface area contributed by atoms with Crippen LogP contribution < -0.4 is 15.1 Å². The highest BCUT2D eigenvalue weighted by Crippen LogP contribution is 2.35. The number of urea groups is 1. The Hall–Kier alpha value is -3.89. The lowest BCUT2D eigenvalue weighted by molar-refractivity contribution is 0.0159. The van der Waals surface area contributed by atoms with Gasteiger partial charge in [0.05, 0.1) is 11.9 Å². The summed E-state index contributed by atoms with van der Waals surface area (Å²) in [7, 11) is 0. The van der Waals surface area contributed by atoms with Crippen molar-refractivity contribution in [1.82, 2.24) is 24.5 Å². The van der Waals surface area contributed by atoms with E-state index in [0.29, 0.717) is 44.1 Å². The molecule has 190 valence electrons. The number of carbonyl (C=O) groups is 2. The van der Waals surface area contributed by atoms with E-state index in [1.165, 1.54) is 6.33 Å². The monoisotopic (exact) mass is 492 g/mol. The van der Waals surface area contributed by atoms with Crippen molar-refractivity contribution in [3.8, 4) is 0 Å². The molecule has 0 spiro atoms. The number of nitrogens with one attached hydrogen (secondary N) is 1. The Labute approximate surface area is 210 Å². The SMILES string of the molecule is Cc1cc2ncnn2cc1NC(=O)N1CCc2c(N3CCN(C(=O)OC(C)(C)C)[C@@H](C)C3)ccnc21. The van der Waals surface area contributed by atoms with Gasteiger partial charge in [0.15, 0.2) is 5.65 Å². The Morgan fingerprint density at radius 1 is 1.17 bits per heavy atom. The van der Waals surface area contributed by atoms with Crippen LogP contribution >= 0.6 is 0 Å². The number of aryl methyl sites for hydroxylation is 1. The number of anilines is 3. The van der Waals surface area contributed by atoms with Crippen molar-refractivity contribution in [3.63, 3.8) is 0 Å². The molecule has 0 bridgehead atoms. The van der Waals surface area contributed by atoms with Gasteiger partial charge in [-0.3, -0.25) is 4.90 Å². The lowest BCUT2D eigenvalue weighted by atomic mass is 10.1. The minimum Gasteiger partial charge on any atom is -0.444 e. The van der Waals surface area contributed by atoms with Crippen molar-refractivity contribution in [3.05, 3.63) is 42.0 Å². The molecule has 0 aliphatic carbocycles. The topological polar surface area (TPSA) is 108 Å². The van der Waals surface area contributed by atoms with Gasteiger partial charge in [0.2, 0.25) is 0 Å². The van der Waals surface area contributed by atoms with Gasteiger partial charge >= 0.3 is 12.1 Å². The number of nitrogens with zero attached hydrogens (tertiary/aromatic N) is 7. The molecule has 1 atom stereocenters.